The SMILES string of the molecule is Cc1nc2cc(CCOCC(=O)N(C)CCO)ccc2s1. The molecule has 5 nitrogen and oxygen atoms in total. The molecule has 0 aliphatic carbocycles. The second-order valence-electron chi connectivity index (χ2n) is 4.88. The number of fused-ring (bicyclic) bond motifs is 1. The van der Waals surface area contributed by atoms with Crippen molar-refractivity contribution in [3.63, 3.8) is 0 Å². The highest BCUT2D eigenvalue weighted by atomic mass is 32.1. The van der Waals surface area contributed by atoms with Gasteiger partial charge in [-0.1, -0.05) is 6.07 Å². The summed E-state index contributed by atoms with van der Waals surface area (Å²) < 4.78 is 6.59. The van der Waals surface area contributed by atoms with Crippen LogP contribution in [0.15, 0.2) is 18.2 Å². The fraction of sp³-hybridized carbons (Fsp3) is 0.467. The maximum Gasteiger partial charge on any atom is 0.248 e. The fourth-order valence-corrected chi connectivity index (χ4v) is 2.79. The van der Waals surface area contributed by atoms with Crippen molar-refractivity contribution in [1.82, 2.24) is 9.88 Å². The van der Waals surface area contributed by atoms with Crippen LogP contribution in [-0.2, 0) is 16.0 Å². The number of ether oxygens (including phenoxy) is 1. The highest BCUT2D eigenvalue weighted by Crippen LogP contribution is 2.22. The summed E-state index contributed by atoms with van der Waals surface area (Å²) in [6.45, 7) is 2.85. The van der Waals surface area contributed by atoms with Crippen molar-refractivity contribution >= 4 is 27.5 Å². The Bertz CT molecular complexity index is 612. The van der Waals surface area contributed by atoms with Crippen molar-refractivity contribution in [1.29, 1.82) is 0 Å². The molecule has 0 spiro atoms. The van der Waals surface area contributed by atoms with Crippen LogP contribution in [0, 0.1) is 6.92 Å². The lowest BCUT2D eigenvalue weighted by Crippen LogP contribution is -2.32. The van der Waals surface area contributed by atoms with Gasteiger partial charge >= 0.3 is 0 Å². The van der Waals surface area contributed by atoms with Gasteiger partial charge in [0.15, 0.2) is 0 Å². The maximum atomic E-state index is 11.6. The van der Waals surface area contributed by atoms with E-state index in [0.29, 0.717) is 13.2 Å². The number of rotatable bonds is 7. The zero-order valence-electron chi connectivity index (χ0n) is 12.3. The molecule has 0 saturated heterocycles. The smallest absolute Gasteiger partial charge is 0.248 e. The number of hydrogen-bond acceptors (Lipinski definition) is 5. The van der Waals surface area contributed by atoms with Gasteiger partial charge in [0.1, 0.15) is 6.61 Å². The normalized spacial score (nSPS) is 11.0. The van der Waals surface area contributed by atoms with E-state index >= 15 is 0 Å². The Balaban J connectivity index is 1.78. The van der Waals surface area contributed by atoms with E-state index in [2.05, 4.69) is 23.2 Å². The van der Waals surface area contributed by atoms with E-state index in [1.54, 1.807) is 18.4 Å². The topological polar surface area (TPSA) is 62.7 Å². The van der Waals surface area contributed by atoms with Crippen molar-refractivity contribution in [2.75, 3.05) is 33.4 Å². The molecule has 0 bridgehead atoms. The Labute approximate surface area is 128 Å². The number of aliphatic hydroxyl groups is 1. The van der Waals surface area contributed by atoms with E-state index in [1.165, 1.54) is 9.60 Å². The van der Waals surface area contributed by atoms with Gasteiger partial charge in [-0.3, -0.25) is 4.79 Å². The number of benzene rings is 1. The summed E-state index contributed by atoms with van der Waals surface area (Å²) in [6, 6.07) is 6.22. The molecule has 114 valence electrons. The van der Waals surface area contributed by atoms with Crippen LogP contribution in [0.25, 0.3) is 10.2 Å². The van der Waals surface area contributed by atoms with E-state index in [-0.39, 0.29) is 19.1 Å². The summed E-state index contributed by atoms with van der Waals surface area (Å²) in [5.74, 6) is -0.116. The molecule has 0 saturated carbocycles. The number of carbonyl (C=O) groups is 1. The molecule has 0 atom stereocenters. The summed E-state index contributed by atoms with van der Waals surface area (Å²) in [5.41, 5.74) is 2.18. The number of aryl methyl sites for hydroxylation is 1. The molecule has 0 aliphatic rings. The Hall–Kier alpha value is -1.50. The van der Waals surface area contributed by atoms with Crippen molar-refractivity contribution < 1.29 is 14.6 Å². The number of carbonyl (C=O) groups excluding carboxylic acids is 1. The second-order valence-corrected chi connectivity index (χ2v) is 6.11. The summed E-state index contributed by atoms with van der Waals surface area (Å²) in [7, 11) is 1.65. The molecule has 0 radical (unpaired) electrons. The van der Waals surface area contributed by atoms with E-state index in [0.717, 1.165) is 22.5 Å². The van der Waals surface area contributed by atoms with E-state index in [4.69, 9.17) is 9.84 Å². The van der Waals surface area contributed by atoms with Crippen LogP contribution in [0.2, 0.25) is 0 Å². The van der Waals surface area contributed by atoms with Crippen molar-refractivity contribution in [2.24, 2.45) is 0 Å². The average molecular weight is 308 g/mol. The lowest BCUT2D eigenvalue weighted by molar-refractivity contribution is -0.135. The van der Waals surface area contributed by atoms with Gasteiger partial charge in [0.2, 0.25) is 5.91 Å². The first-order valence-corrected chi connectivity index (χ1v) is 7.70. The van der Waals surface area contributed by atoms with Gasteiger partial charge in [-0.05, 0) is 31.0 Å². The Kier molecular flexibility index (Phi) is 5.67. The molecule has 0 unspecified atom stereocenters. The molecule has 6 heteroatoms. The number of aliphatic hydroxyl groups excluding tert-OH is 1. The third-order valence-corrected chi connectivity index (χ3v) is 4.13. The minimum Gasteiger partial charge on any atom is -0.395 e. The molecule has 1 aromatic carbocycles. The predicted molar refractivity (Wildman–Crippen MR) is 83.6 cm³/mol. The molecular weight excluding hydrogens is 288 g/mol. The molecule has 2 aromatic rings. The van der Waals surface area contributed by atoms with Crippen LogP contribution >= 0.6 is 11.3 Å². The lowest BCUT2D eigenvalue weighted by Gasteiger charge is -2.15. The predicted octanol–water partition coefficient (Wildman–Crippen LogP) is 1.61. The van der Waals surface area contributed by atoms with E-state index < -0.39 is 0 Å². The highest BCUT2D eigenvalue weighted by molar-refractivity contribution is 7.18. The molecule has 1 aromatic heterocycles. The quantitative estimate of drug-likeness (QED) is 0.790. The zero-order chi connectivity index (χ0) is 15.2. The average Bonchev–Trinajstić information content (AvgIpc) is 2.82. The molecular formula is C15H20N2O3S. The Morgan fingerprint density at radius 1 is 1.48 bits per heavy atom. The number of hydrogen-bond donors (Lipinski definition) is 1. The largest absolute Gasteiger partial charge is 0.395 e. The highest BCUT2D eigenvalue weighted by Gasteiger charge is 2.08. The Morgan fingerprint density at radius 2 is 2.29 bits per heavy atom. The van der Waals surface area contributed by atoms with E-state index in [9.17, 15) is 4.79 Å². The van der Waals surface area contributed by atoms with Crippen LogP contribution in [0.5, 0.6) is 0 Å². The van der Waals surface area contributed by atoms with Gasteiger partial charge in [0, 0.05) is 13.6 Å². The molecule has 1 N–H and O–H groups in total. The number of thiazole rings is 1. The first-order chi connectivity index (χ1) is 10.1. The molecule has 0 fully saturated rings. The number of nitrogens with zero attached hydrogens (tertiary/aromatic N) is 2. The Morgan fingerprint density at radius 3 is 3.05 bits per heavy atom. The molecule has 1 heterocycles. The van der Waals surface area contributed by atoms with Gasteiger partial charge in [-0.2, -0.15) is 0 Å². The van der Waals surface area contributed by atoms with Crippen LogP contribution in [0.3, 0.4) is 0 Å². The standard InChI is InChI=1S/C15H20N2O3S/c1-11-16-13-9-12(3-4-14(13)21-11)5-8-20-10-15(19)17(2)6-7-18/h3-4,9,18H,5-8,10H2,1-2H3. The number of likely N-dealkylation sites (N-methyl/N-ethyl adjacent to an activating group) is 1. The molecule has 1 amide bonds. The lowest BCUT2D eigenvalue weighted by atomic mass is 10.1. The minimum atomic E-state index is -0.116. The summed E-state index contributed by atoms with van der Waals surface area (Å²) in [5, 5.41) is 9.82. The third-order valence-electron chi connectivity index (χ3n) is 3.18. The number of aromatic nitrogens is 1. The third kappa shape index (κ3) is 4.49. The van der Waals surface area contributed by atoms with Crippen molar-refractivity contribution in [3.8, 4) is 0 Å². The van der Waals surface area contributed by atoms with Crippen molar-refractivity contribution in [3.05, 3.63) is 28.8 Å². The van der Waals surface area contributed by atoms with Gasteiger partial charge < -0.3 is 14.7 Å². The number of amides is 1. The van der Waals surface area contributed by atoms with Crippen LogP contribution in [0.4, 0.5) is 0 Å². The minimum absolute atomic E-state index is 0.0324. The van der Waals surface area contributed by atoms with Gasteiger partial charge in [-0.15, -0.1) is 11.3 Å². The fourth-order valence-electron chi connectivity index (χ4n) is 1.98. The zero-order valence-corrected chi connectivity index (χ0v) is 13.2. The van der Waals surface area contributed by atoms with Crippen LogP contribution in [-0.4, -0.2) is 54.3 Å². The maximum absolute atomic E-state index is 11.6. The van der Waals surface area contributed by atoms with Gasteiger partial charge in [-0.25, -0.2) is 4.98 Å². The molecule has 21 heavy (non-hydrogen) atoms. The summed E-state index contributed by atoms with van der Waals surface area (Å²) in [6.07, 6.45) is 0.753. The van der Waals surface area contributed by atoms with Gasteiger partial charge in [0.25, 0.3) is 0 Å². The molecule has 0 aliphatic heterocycles. The van der Waals surface area contributed by atoms with Crippen LogP contribution in [0.1, 0.15) is 10.6 Å². The van der Waals surface area contributed by atoms with E-state index in [1.807, 2.05) is 6.92 Å². The van der Waals surface area contributed by atoms with Crippen molar-refractivity contribution in [2.45, 2.75) is 13.3 Å². The summed E-state index contributed by atoms with van der Waals surface area (Å²) >= 11 is 1.69. The first kappa shape index (κ1) is 15.9. The second kappa shape index (κ2) is 7.49. The molecule has 2 rings (SSSR count). The van der Waals surface area contributed by atoms with Gasteiger partial charge in [0.05, 0.1) is 28.4 Å². The first-order valence-electron chi connectivity index (χ1n) is 6.89. The monoisotopic (exact) mass is 308 g/mol. The van der Waals surface area contributed by atoms with Crippen LogP contribution < -0.4 is 0 Å². The summed E-state index contributed by atoms with van der Waals surface area (Å²) in [4.78, 5) is 17.5.